The van der Waals surface area contributed by atoms with Crippen molar-refractivity contribution >= 4 is 10.9 Å². The highest BCUT2D eigenvalue weighted by Crippen LogP contribution is 2.29. The van der Waals surface area contributed by atoms with E-state index in [1.165, 1.54) is 22.0 Å². The number of benzene rings is 1. The molecular weight excluding hydrogens is 220 g/mol. The van der Waals surface area contributed by atoms with E-state index in [1.807, 2.05) is 0 Å². The molecule has 0 aliphatic carbocycles. The molecule has 0 spiro atoms. The zero-order valence-electron chi connectivity index (χ0n) is 12.0. The van der Waals surface area contributed by atoms with Crippen LogP contribution in [0.4, 0.5) is 0 Å². The van der Waals surface area contributed by atoms with Crippen molar-refractivity contribution in [3.05, 3.63) is 35.5 Å². The van der Waals surface area contributed by atoms with Gasteiger partial charge in [0.15, 0.2) is 0 Å². The average Bonchev–Trinajstić information content (AvgIpc) is 2.66. The van der Waals surface area contributed by atoms with E-state index < -0.39 is 0 Å². The summed E-state index contributed by atoms with van der Waals surface area (Å²) in [6.45, 7) is 10.7. The minimum Gasteiger partial charge on any atom is -0.347 e. The molecule has 98 valence electrons. The first-order chi connectivity index (χ1) is 8.47. The normalized spacial score (nSPS) is 12.3. The molecule has 2 rings (SSSR count). The third-order valence-corrected chi connectivity index (χ3v) is 3.58. The number of rotatable bonds is 3. The van der Waals surface area contributed by atoms with E-state index in [-0.39, 0.29) is 5.41 Å². The Morgan fingerprint density at radius 1 is 1.22 bits per heavy atom. The summed E-state index contributed by atoms with van der Waals surface area (Å²) >= 11 is 0. The summed E-state index contributed by atoms with van der Waals surface area (Å²) in [6, 6.07) is 6.84. The lowest BCUT2D eigenvalue weighted by Gasteiger charge is -2.19. The fraction of sp³-hybridized carbons (Fsp3) is 0.500. The molecular formula is C16H24N2. The van der Waals surface area contributed by atoms with Crippen molar-refractivity contribution in [1.82, 2.24) is 4.57 Å². The first-order valence-corrected chi connectivity index (χ1v) is 6.79. The fourth-order valence-electron chi connectivity index (χ4n) is 2.45. The first kappa shape index (κ1) is 13.2. The topological polar surface area (TPSA) is 30.9 Å². The van der Waals surface area contributed by atoms with Gasteiger partial charge in [-0.2, -0.15) is 0 Å². The Balaban J connectivity index is 2.63. The van der Waals surface area contributed by atoms with Crippen LogP contribution < -0.4 is 5.73 Å². The van der Waals surface area contributed by atoms with Crippen molar-refractivity contribution in [3.63, 3.8) is 0 Å². The summed E-state index contributed by atoms with van der Waals surface area (Å²) in [6.07, 6.45) is 3.21. The van der Waals surface area contributed by atoms with Gasteiger partial charge in [-0.1, -0.05) is 26.8 Å². The van der Waals surface area contributed by atoms with Crippen LogP contribution in [0.3, 0.4) is 0 Å². The van der Waals surface area contributed by atoms with E-state index in [9.17, 15) is 0 Å². The number of nitrogens with two attached hydrogens (primary N) is 1. The summed E-state index contributed by atoms with van der Waals surface area (Å²) in [5, 5.41) is 1.37. The summed E-state index contributed by atoms with van der Waals surface area (Å²) in [5.74, 6) is 0. The van der Waals surface area contributed by atoms with E-state index in [4.69, 9.17) is 5.73 Å². The SMILES string of the molecule is CCn1cc(CCN)c2cc(C(C)(C)C)ccc21. The molecule has 0 saturated carbocycles. The zero-order valence-corrected chi connectivity index (χ0v) is 12.0. The molecule has 0 radical (unpaired) electrons. The van der Waals surface area contributed by atoms with Crippen LogP contribution in [0.5, 0.6) is 0 Å². The first-order valence-electron chi connectivity index (χ1n) is 6.79. The highest BCUT2D eigenvalue weighted by Gasteiger charge is 2.16. The van der Waals surface area contributed by atoms with Crippen LogP contribution in [-0.4, -0.2) is 11.1 Å². The molecule has 0 aliphatic rings. The predicted molar refractivity (Wildman–Crippen MR) is 79.1 cm³/mol. The molecule has 0 atom stereocenters. The lowest BCUT2D eigenvalue weighted by Crippen LogP contribution is -2.10. The minimum absolute atomic E-state index is 0.197. The van der Waals surface area contributed by atoms with Gasteiger partial charge >= 0.3 is 0 Å². The van der Waals surface area contributed by atoms with Gasteiger partial charge in [0.25, 0.3) is 0 Å². The van der Waals surface area contributed by atoms with Crippen LogP contribution >= 0.6 is 0 Å². The lowest BCUT2D eigenvalue weighted by atomic mass is 9.86. The van der Waals surface area contributed by atoms with Gasteiger partial charge in [0.1, 0.15) is 0 Å². The molecule has 1 aromatic heterocycles. The standard InChI is InChI=1S/C16H24N2/c1-5-18-11-12(8-9-17)14-10-13(16(2,3)4)6-7-15(14)18/h6-7,10-11H,5,8-9,17H2,1-4H3. The van der Waals surface area contributed by atoms with Crippen LogP contribution in [-0.2, 0) is 18.4 Å². The van der Waals surface area contributed by atoms with Gasteiger partial charge in [0, 0.05) is 23.6 Å². The largest absolute Gasteiger partial charge is 0.347 e. The monoisotopic (exact) mass is 244 g/mol. The smallest absolute Gasteiger partial charge is 0.0483 e. The third kappa shape index (κ3) is 2.30. The zero-order chi connectivity index (χ0) is 13.3. The van der Waals surface area contributed by atoms with Crippen molar-refractivity contribution in [2.45, 2.75) is 46.1 Å². The van der Waals surface area contributed by atoms with E-state index in [0.29, 0.717) is 6.54 Å². The van der Waals surface area contributed by atoms with Crippen molar-refractivity contribution in [2.24, 2.45) is 5.73 Å². The average molecular weight is 244 g/mol. The molecule has 2 nitrogen and oxygen atoms in total. The predicted octanol–water partition coefficient (Wildman–Crippen LogP) is 3.46. The van der Waals surface area contributed by atoms with Crippen LogP contribution in [0, 0.1) is 0 Å². The third-order valence-electron chi connectivity index (χ3n) is 3.58. The Morgan fingerprint density at radius 3 is 2.50 bits per heavy atom. The molecule has 18 heavy (non-hydrogen) atoms. The second-order valence-corrected chi connectivity index (χ2v) is 5.96. The van der Waals surface area contributed by atoms with E-state index in [2.05, 4.69) is 56.7 Å². The van der Waals surface area contributed by atoms with Crippen LogP contribution in [0.25, 0.3) is 10.9 Å². The number of aryl methyl sites for hydroxylation is 1. The van der Waals surface area contributed by atoms with Gasteiger partial charge in [-0.25, -0.2) is 0 Å². The second kappa shape index (κ2) is 4.77. The molecule has 2 N–H and O–H groups in total. The summed E-state index contributed by atoms with van der Waals surface area (Å²) < 4.78 is 2.31. The van der Waals surface area contributed by atoms with Crippen molar-refractivity contribution < 1.29 is 0 Å². The van der Waals surface area contributed by atoms with Gasteiger partial charge in [0.2, 0.25) is 0 Å². The maximum absolute atomic E-state index is 5.72. The quantitative estimate of drug-likeness (QED) is 0.880. The highest BCUT2D eigenvalue weighted by molar-refractivity contribution is 5.85. The molecule has 1 heterocycles. The number of hydrogen-bond acceptors (Lipinski definition) is 1. The second-order valence-electron chi connectivity index (χ2n) is 5.96. The Hall–Kier alpha value is -1.28. The number of fused-ring (bicyclic) bond motifs is 1. The number of aromatic nitrogens is 1. The molecule has 0 amide bonds. The van der Waals surface area contributed by atoms with Crippen molar-refractivity contribution in [1.29, 1.82) is 0 Å². The van der Waals surface area contributed by atoms with E-state index in [1.54, 1.807) is 0 Å². The summed E-state index contributed by atoms with van der Waals surface area (Å²) in [7, 11) is 0. The van der Waals surface area contributed by atoms with Gasteiger partial charge in [-0.15, -0.1) is 0 Å². The van der Waals surface area contributed by atoms with Crippen LogP contribution in [0.2, 0.25) is 0 Å². The Kier molecular flexibility index (Phi) is 3.49. The summed E-state index contributed by atoms with van der Waals surface area (Å²) in [5.41, 5.74) is 10.0. The van der Waals surface area contributed by atoms with Crippen LogP contribution in [0.1, 0.15) is 38.8 Å². The van der Waals surface area contributed by atoms with Gasteiger partial charge in [-0.05, 0) is 48.6 Å². The number of hydrogen-bond donors (Lipinski definition) is 1. The molecule has 1 aromatic carbocycles. The van der Waals surface area contributed by atoms with Crippen molar-refractivity contribution in [3.8, 4) is 0 Å². The molecule has 0 fully saturated rings. The maximum atomic E-state index is 5.72. The maximum Gasteiger partial charge on any atom is 0.0483 e. The van der Waals surface area contributed by atoms with Crippen molar-refractivity contribution in [2.75, 3.05) is 6.54 Å². The lowest BCUT2D eigenvalue weighted by molar-refractivity contribution is 0.591. The molecule has 0 aliphatic heterocycles. The van der Waals surface area contributed by atoms with Gasteiger partial charge < -0.3 is 10.3 Å². The van der Waals surface area contributed by atoms with Gasteiger partial charge in [0.05, 0.1) is 0 Å². The highest BCUT2D eigenvalue weighted by atomic mass is 14.9. The molecule has 0 bridgehead atoms. The molecule has 2 heteroatoms. The Morgan fingerprint density at radius 2 is 1.94 bits per heavy atom. The van der Waals surface area contributed by atoms with E-state index >= 15 is 0 Å². The molecule has 0 unspecified atom stereocenters. The molecule has 0 saturated heterocycles. The van der Waals surface area contributed by atoms with E-state index in [0.717, 1.165) is 13.0 Å². The van der Waals surface area contributed by atoms with Gasteiger partial charge in [-0.3, -0.25) is 0 Å². The molecule has 2 aromatic rings. The number of nitrogens with zero attached hydrogens (tertiary/aromatic N) is 1. The van der Waals surface area contributed by atoms with Crippen LogP contribution in [0.15, 0.2) is 24.4 Å². The Bertz CT molecular complexity index is 544. The Labute approximate surface area is 110 Å². The minimum atomic E-state index is 0.197. The fourth-order valence-corrected chi connectivity index (χ4v) is 2.45. The summed E-state index contributed by atoms with van der Waals surface area (Å²) in [4.78, 5) is 0.